The molecule has 1 amide bonds. The van der Waals surface area contributed by atoms with Gasteiger partial charge in [-0.25, -0.2) is 4.98 Å². The molecule has 7 heteroatoms. The Hall–Kier alpha value is -2.15. The first kappa shape index (κ1) is 12.9. The number of hydrogen-bond donors (Lipinski definition) is 2. The minimum absolute atomic E-state index is 0.146. The van der Waals surface area contributed by atoms with Gasteiger partial charge in [-0.15, -0.1) is 10.2 Å². The highest BCUT2D eigenvalue weighted by atomic mass is 32.2. The molecule has 0 spiro atoms. The molecule has 0 saturated heterocycles. The molecule has 0 aliphatic rings. The van der Waals surface area contributed by atoms with Gasteiger partial charge in [0.05, 0.1) is 5.75 Å². The third kappa shape index (κ3) is 2.32. The van der Waals surface area contributed by atoms with Crippen LogP contribution in [-0.2, 0) is 11.2 Å². The highest BCUT2D eigenvalue weighted by Gasteiger charge is 2.10. The van der Waals surface area contributed by atoms with Crippen LogP contribution >= 0.6 is 11.8 Å². The summed E-state index contributed by atoms with van der Waals surface area (Å²) in [5.41, 5.74) is 8.75. The number of nitrogens with zero attached hydrogens (tertiary/aromatic N) is 3. The molecule has 0 aliphatic carbocycles. The monoisotopic (exact) mass is 287 g/mol. The van der Waals surface area contributed by atoms with Crippen molar-refractivity contribution in [1.82, 2.24) is 20.2 Å². The number of benzene rings is 1. The Balaban J connectivity index is 2.06. The molecule has 3 rings (SSSR count). The van der Waals surface area contributed by atoms with Crippen molar-refractivity contribution in [1.29, 1.82) is 0 Å². The largest absolute Gasteiger partial charge is 0.369 e. The molecule has 2 heterocycles. The number of nitrogens with one attached hydrogen (secondary N) is 1. The minimum atomic E-state index is -0.400. The van der Waals surface area contributed by atoms with Crippen molar-refractivity contribution in [2.24, 2.45) is 5.73 Å². The van der Waals surface area contributed by atoms with Crippen molar-refractivity contribution in [2.75, 3.05) is 5.75 Å². The third-order valence-corrected chi connectivity index (χ3v) is 3.87. The number of primary amides is 1. The summed E-state index contributed by atoms with van der Waals surface area (Å²) in [6, 6.07) is 6.20. The predicted octanol–water partition coefficient (Wildman–Crippen LogP) is 1.65. The van der Waals surface area contributed by atoms with Gasteiger partial charge in [0.25, 0.3) is 0 Å². The van der Waals surface area contributed by atoms with Gasteiger partial charge >= 0.3 is 0 Å². The number of nitrogens with two attached hydrogens (primary N) is 1. The molecular weight excluding hydrogens is 274 g/mol. The lowest BCUT2D eigenvalue weighted by atomic mass is 10.1. The van der Waals surface area contributed by atoms with Gasteiger partial charge < -0.3 is 10.7 Å². The Kier molecular flexibility index (Phi) is 3.27. The Bertz CT molecular complexity index is 798. The van der Waals surface area contributed by atoms with Crippen LogP contribution in [0.2, 0.25) is 0 Å². The molecule has 0 fully saturated rings. The molecule has 0 bridgehead atoms. The minimum Gasteiger partial charge on any atom is -0.369 e. The highest BCUT2D eigenvalue weighted by Crippen LogP contribution is 2.24. The first-order valence-electron chi connectivity index (χ1n) is 6.23. The van der Waals surface area contributed by atoms with E-state index < -0.39 is 5.91 Å². The smallest absolute Gasteiger partial charge is 0.227 e. The van der Waals surface area contributed by atoms with E-state index >= 15 is 0 Å². The maximum absolute atomic E-state index is 10.8. The Morgan fingerprint density at radius 3 is 3.00 bits per heavy atom. The zero-order valence-electron chi connectivity index (χ0n) is 10.9. The van der Waals surface area contributed by atoms with Crippen LogP contribution in [0.1, 0.15) is 12.5 Å². The van der Waals surface area contributed by atoms with Gasteiger partial charge in [-0.05, 0) is 24.1 Å². The number of fused-ring (bicyclic) bond motifs is 3. The van der Waals surface area contributed by atoms with E-state index in [1.54, 1.807) is 0 Å². The first-order chi connectivity index (χ1) is 9.67. The molecular formula is C13H13N5OS. The van der Waals surface area contributed by atoms with Crippen LogP contribution in [0.25, 0.3) is 22.1 Å². The molecule has 1 aromatic carbocycles. The van der Waals surface area contributed by atoms with E-state index in [2.05, 4.69) is 39.2 Å². The Morgan fingerprint density at radius 1 is 1.40 bits per heavy atom. The van der Waals surface area contributed by atoms with Gasteiger partial charge in [0.1, 0.15) is 5.52 Å². The molecule has 0 unspecified atom stereocenters. The normalized spacial score (nSPS) is 11.2. The van der Waals surface area contributed by atoms with Crippen molar-refractivity contribution in [3.63, 3.8) is 0 Å². The summed E-state index contributed by atoms with van der Waals surface area (Å²) >= 11 is 1.18. The van der Waals surface area contributed by atoms with E-state index in [-0.39, 0.29) is 5.75 Å². The quantitative estimate of drug-likeness (QED) is 0.711. The van der Waals surface area contributed by atoms with Crippen molar-refractivity contribution in [2.45, 2.75) is 18.5 Å². The topological polar surface area (TPSA) is 97.6 Å². The second kappa shape index (κ2) is 5.09. The fraction of sp³-hybridized carbons (Fsp3) is 0.231. The summed E-state index contributed by atoms with van der Waals surface area (Å²) in [4.78, 5) is 18.3. The molecule has 0 atom stereocenters. The van der Waals surface area contributed by atoms with Crippen LogP contribution < -0.4 is 5.73 Å². The maximum atomic E-state index is 10.8. The number of rotatable bonds is 4. The van der Waals surface area contributed by atoms with Gasteiger partial charge in [0.2, 0.25) is 11.1 Å². The Morgan fingerprint density at radius 2 is 2.25 bits per heavy atom. The second-order valence-corrected chi connectivity index (χ2v) is 5.35. The molecule has 20 heavy (non-hydrogen) atoms. The van der Waals surface area contributed by atoms with Crippen molar-refractivity contribution in [3.8, 4) is 0 Å². The molecule has 0 saturated carbocycles. The number of hydrogen-bond acceptors (Lipinski definition) is 5. The molecule has 3 N–H and O–H groups in total. The number of amides is 1. The van der Waals surface area contributed by atoms with Gasteiger partial charge in [0.15, 0.2) is 5.65 Å². The van der Waals surface area contributed by atoms with E-state index in [9.17, 15) is 4.79 Å². The fourth-order valence-corrected chi connectivity index (χ4v) is 2.55. The summed E-state index contributed by atoms with van der Waals surface area (Å²) in [6.07, 6.45) is 0.968. The average Bonchev–Trinajstić information content (AvgIpc) is 2.81. The lowest BCUT2D eigenvalue weighted by Crippen LogP contribution is -2.13. The summed E-state index contributed by atoms with van der Waals surface area (Å²) in [7, 11) is 0. The number of thioether (sulfide) groups is 1. The van der Waals surface area contributed by atoms with E-state index in [1.165, 1.54) is 17.3 Å². The molecule has 2 aromatic heterocycles. The van der Waals surface area contributed by atoms with E-state index in [4.69, 9.17) is 5.73 Å². The zero-order valence-corrected chi connectivity index (χ0v) is 11.7. The highest BCUT2D eigenvalue weighted by molar-refractivity contribution is 7.99. The average molecular weight is 287 g/mol. The molecule has 3 aromatic rings. The molecule has 6 nitrogen and oxygen atoms in total. The van der Waals surface area contributed by atoms with Crippen LogP contribution in [0.4, 0.5) is 0 Å². The van der Waals surface area contributed by atoms with Crippen LogP contribution in [0.5, 0.6) is 0 Å². The number of carbonyl (C=O) groups excluding carboxylic acids is 1. The number of carbonyl (C=O) groups is 1. The van der Waals surface area contributed by atoms with E-state index in [0.717, 1.165) is 22.8 Å². The SMILES string of the molecule is CCc1ccc2[nH]c3nc(SCC(N)=O)nnc3c2c1. The van der Waals surface area contributed by atoms with Crippen molar-refractivity contribution in [3.05, 3.63) is 23.8 Å². The summed E-state index contributed by atoms with van der Waals surface area (Å²) in [5, 5.41) is 9.70. The third-order valence-electron chi connectivity index (χ3n) is 3.01. The number of aromatic nitrogens is 4. The Labute approximate surface area is 119 Å². The molecule has 0 radical (unpaired) electrons. The van der Waals surface area contributed by atoms with Crippen LogP contribution in [0.3, 0.4) is 0 Å². The first-order valence-corrected chi connectivity index (χ1v) is 7.22. The van der Waals surface area contributed by atoms with Crippen LogP contribution in [0.15, 0.2) is 23.4 Å². The second-order valence-electron chi connectivity index (χ2n) is 4.41. The zero-order chi connectivity index (χ0) is 14.1. The van der Waals surface area contributed by atoms with Gasteiger partial charge in [-0.3, -0.25) is 4.79 Å². The summed E-state index contributed by atoms with van der Waals surface area (Å²) in [5.74, 6) is -0.254. The van der Waals surface area contributed by atoms with Crippen molar-refractivity contribution < 1.29 is 4.79 Å². The van der Waals surface area contributed by atoms with Gasteiger partial charge in [0, 0.05) is 10.9 Å². The van der Waals surface area contributed by atoms with Crippen molar-refractivity contribution >= 4 is 39.7 Å². The predicted molar refractivity (Wildman–Crippen MR) is 78.5 cm³/mol. The van der Waals surface area contributed by atoms with Crippen LogP contribution in [0, 0.1) is 0 Å². The molecule has 102 valence electrons. The lowest BCUT2D eigenvalue weighted by Gasteiger charge is -1.97. The fourth-order valence-electron chi connectivity index (χ4n) is 2.02. The summed E-state index contributed by atoms with van der Waals surface area (Å²) < 4.78 is 0. The number of aromatic amines is 1. The van der Waals surface area contributed by atoms with E-state index in [0.29, 0.717) is 10.8 Å². The number of aryl methyl sites for hydroxylation is 1. The lowest BCUT2D eigenvalue weighted by molar-refractivity contribution is -0.115. The molecule has 0 aliphatic heterocycles. The van der Waals surface area contributed by atoms with Gasteiger partial charge in [-0.2, -0.15) is 0 Å². The van der Waals surface area contributed by atoms with Gasteiger partial charge in [-0.1, -0.05) is 24.8 Å². The maximum Gasteiger partial charge on any atom is 0.227 e. The number of H-pyrrole nitrogens is 1. The van der Waals surface area contributed by atoms with E-state index in [1.807, 2.05) is 6.07 Å². The standard InChI is InChI=1S/C13H13N5OS/c1-2-7-3-4-9-8(5-7)11-12(15-9)16-13(18-17-11)20-6-10(14)19/h3-5H,2,6H2,1H3,(H2,14,19)(H,15,16,18). The van der Waals surface area contributed by atoms with Crippen LogP contribution in [-0.4, -0.2) is 31.8 Å². The summed E-state index contributed by atoms with van der Waals surface area (Å²) in [6.45, 7) is 2.11.